The van der Waals surface area contributed by atoms with Crippen LogP contribution in [0.1, 0.15) is 30.1 Å². The topological polar surface area (TPSA) is 47.4 Å². The summed E-state index contributed by atoms with van der Waals surface area (Å²) in [4.78, 5) is 12.7. The minimum atomic E-state index is 0.446. The van der Waals surface area contributed by atoms with Gasteiger partial charge in [0, 0.05) is 44.0 Å². The van der Waals surface area contributed by atoms with Gasteiger partial charge in [0.05, 0.1) is 6.04 Å². The molecule has 0 unspecified atom stereocenters. The molecule has 1 amide bonds. The molecule has 98 valence electrons. The van der Waals surface area contributed by atoms with E-state index in [1.165, 1.54) is 11.3 Å². The number of carbonyl (C=O) groups excluding carboxylic acids is 1. The lowest BCUT2D eigenvalue weighted by Crippen LogP contribution is -2.31. The monoisotopic (exact) mass is 313 g/mol. The largest absolute Gasteiger partial charge is 0.381 e. The molecular weight excluding hydrogens is 298 g/mol. The van der Waals surface area contributed by atoms with Crippen molar-refractivity contribution in [3.8, 4) is 0 Å². The van der Waals surface area contributed by atoms with E-state index in [4.69, 9.17) is 4.74 Å². The van der Waals surface area contributed by atoms with Crippen molar-refractivity contribution in [3.05, 3.63) is 15.9 Å². The van der Waals surface area contributed by atoms with E-state index in [1.807, 2.05) is 0 Å². The van der Waals surface area contributed by atoms with Gasteiger partial charge in [0.25, 0.3) is 0 Å². The fourth-order valence-electron chi connectivity index (χ4n) is 2.75. The Morgan fingerprint density at radius 1 is 1.39 bits per heavy atom. The first-order valence-electron chi connectivity index (χ1n) is 6.32. The Balaban J connectivity index is 1.90. The normalized spacial score (nSPS) is 20.8. The van der Waals surface area contributed by atoms with E-state index in [0.717, 1.165) is 50.0 Å². The van der Waals surface area contributed by atoms with Crippen LogP contribution in [0.5, 0.6) is 0 Å². The second-order valence-electron chi connectivity index (χ2n) is 4.83. The molecule has 3 rings (SSSR count). The molecule has 0 radical (unpaired) electrons. The Labute approximate surface area is 114 Å². The van der Waals surface area contributed by atoms with Crippen molar-refractivity contribution in [2.45, 2.75) is 31.8 Å². The van der Waals surface area contributed by atoms with Crippen molar-refractivity contribution in [3.63, 3.8) is 0 Å². The quantitative estimate of drug-likeness (QED) is 0.778. The number of carbonyl (C=O) groups is 1. The zero-order valence-corrected chi connectivity index (χ0v) is 11.7. The van der Waals surface area contributed by atoms with Crippen molar-refractivity contribution in [2.75, 3.05) is 19.8 Å². The highest BCUT2D eigenvalue weighted by Gasteiger charge is 2.27. The molecule has 0 aliphatic carbocycles. The second kappa shape index (κ2) is 5.01. The van der Waals surface area contributed by atoms with Crippen molar-refractivity contribution in [1.29, 1.82) is 0 Å². The van der Waals surface area contributed by atoms with Crippen molar-refractivity contribution >= 4 is 22.3 Å². The molecule has 0 bridgehead atoms. The number of hydrogen-bond acceptors (Lipinski definition) is 3. The third kappa shape index (κ3) is 2.07. The van der Waals surface area contributed by atoms with E-state index < -0.39 is 0 Å². The van der Waals surface area contributed by atoms with Gasteiger partial charge in [-0.25, -0.2) is 0 Å². The molecule has 0 spiro atoms. The molecule has 5 nitrogen and oxygen atoms in total. The van der Waals surface area contributed by atoms with E-state index in [1.54, 1.807) is 4.90 Å². The lowest BCUT2D eigenvalue weighted by Gasteiger charge is -2.28. The summed E-state index contributed by atoms with van der Waals surface area (Å²) in [5, 5.41) is 4.62. The summed E-state index contributed by atoms with van der Waals surface area (Å²) in [5.74, 6) is 0. The zero-order chi connectivity index (χ0) is 12.5. The first kappa shape index (κ1) is 12.2. The number of rotatable bonds is 2. The first-order valence-corrected chi connectivity index (χ1v) is 7.11. The smallest absolute Gasteiger partial charge is 0.210 e. The number of ether oxygens (including phenoxy) is 1. The van der Waals surface area contributed by atoms with Gasteiger partial charge in [0.15, 0.2) is 0 Å². The van der Waals surface area contributed by atoms with Crippen LogP contribution in [-0.2, 0) is 22.5 Å². The lowest BCUT2D eigenvalue weighted by atomic mass is 10.1. The van der Waals surface area contributed by atoms with E-state index in [0.29, 0.717) is 12.6 Å². The minimum Gasteiger partial charge on any atom is -0.381 e. The first-order chi connectivity index (χ1) is 8.79. The molecule has 0 N–H and O–H groups in total. The maximum atomic E-state index is 10.9. The third-order valence-electron chi connectivity index (χ3n) is 3.75. The second-order valence-corrected chi connectivity index (χ2v) is 5.58. The molecule has 1 aromatic rings. The predicted octanol–water partition coefficient (Wildman–Crippen LogP) is 1.51. The highest BCUT2D eigenvalue weighted by molar-refractivity contribution is 9.10. The van der Waals surface area contributed by atoms with E-state index in [-0.39, 0.29) is 0 Å². The Morgan fingerprint density at radius 3 is 2.89 bits per heavy atom. The minimum absolute atomic E-state index is 0.446. The van der Waals surface area contributed by atoms with E-state index in [2.05, 4.69) is 25.7 Å². The maximum absolute atomic E-state index is 10.9. The van der Waals surface area contributed by atoms with Crippen LogP contribution in [0.15, 0.2) is 4.60 Å². The highest BCUT2D eigenvalue weighted by atomic mass is 79.9. The number of amides is 1. The molecule has 3 heterocycles. The van der Waals surface area contributed by atoms with Crippen LogP contribution in [0.3, 0.4) is 0 Å². The number of halogens is 1. The number of hydrogen-bond donors (Lipinski definition) is 0. The molecule has 1 aromatic heterocycles. The molecule has 2 aliphatic heterocycles. The Hall–Kier alpha value is -0.880. The van der Waals surface area contributed by atoms with Gasteiger partial charge in [-0.1, -0.05) is 0 Å². The van der Waals surface area contributed by atoms with Crippen molar-refractivity contribution in [2.24, 2.45) is 0 Å². The van der Waals surface area contributed by atoms with Gasteiger partial charge in [-0.15, -0.1) is 0 Å². The van der Waals surface area contributed by atoms with Gasteiger partial charge < -0.3 is 9.64 Å². The third-order valence-corrected chi connectivity index (χ3v) is 4.39. The van der Waals surface area contributed by atoms with Crippen LogP contribution in [-0.4, -0.2) is 40.8 Å². The summed E-state index contributed by atoms with van der Waals surface area (Å²) >= 11 is 3.52. The van der Waals surface area contributed by atoms with Gasteiger partial charge in [0.2, 0.25) is 6.41 Å². The Morgan fingerprint density at radius 2 is 2.17 bits per heavy atom. The molecular formula is C12H16BrN3O2. The van der Waals surface area contributed by atoms with Gasteiger partial charge >= 0.3 is 0 Å². The van der Waals surface area contributed by atoms with Gasteiger partial charge in [-0.3, -0.25) is 9.48 Å². The van der Waals surface area contributed by atoms with Crippen LogP contribution in [0.4, 0.5) is 0 Å². The van der Waals surface area contributed by atoms with Crippen molar-refractivity contribution in [1.82, 2.24) is 14.7 Å². The average Bonchev–Trinajstić information content (AvgIpc) is 2.77. The fourth-order valence-corrected chi connectivity index (χ4v) is 3.27. The van der Waals surface area contributed by atoms with E-state index in [9.17, 15) is 4.79 Å². The van der Waals surface area contributed by atoms with Crippen LogP contribution < -0.4 is 0 Å². The molecule has 1 saturated heterocycles. The molecule has 6 heteroatoms. The Kier molecular flexibility index (Phi) is 3.39. The standard InChI is InChI=1S/C12H16BrN3O2/c13-12-10-7-15(8-17)4-1-11(10)16(14-12)9-2-5-18-6-3-9/h8-9H,1-7H2. The molecule has 1 fully saturated rings. The fraction of sp³-hybridized carbons (Fsp3) is 0.667. The highest BCUT2D eigenvalue weighted by Crippen LogP contribution is 2.31. The van der Waals surface area contributed by atoms with Gasteiger partial charge in [-0.05, 0) is 28.8 Å². The SMILES string of the molecule is O=CN1CCc2c(c(Br)nn2C2CCOCC2)C1. The summed E-state index contributed by atoms with van der Waals surface area (Å²) in [6.07, 6.45) is 3.86. The Bertz CT molecular complexity index is 454. The van der Waals surface area contributed by atoms with E-state index >= 15 is 0 Å². The van der Waals surface area contributed by atoms with Gasteiger partial charge in [0.1, 0.15) is 4.60 Å². The summed E-state index contributed by atoms with van der Waals surface area (Å²) in [6, 6.07) is 0.446. The summed E-state index contributed by atoms with van der Waals surface area (Å²) < 4.78 is 8.44. The predicted molar refractivity (Wildman–Crippen MR) is 69.2 cm³/mol. The van der Waals surface area contributed by atoms with Crippen LogP contribution in [0.2, 0.25) is 0 Å². The average molecular weight is 314 g/mol. The maximum Gasteiger partial charge on any atom is 0.210 e. The molecule has 0 aromatic carbocycles. The molecule has 0 saturated carbocycles. The van der Waals surface area contributed by atoms with Crippen LogP contribution in [0, 0.1) is 0 Å². The number of fused-ring (bicyclic) bond motifs is 1. The summed E-state index contributed by atoms with van der Waals surface area (Å²) in [5.41, 5.74) is 2.45. The molecule has 0 atom stereocenters. The summed E-state index contributed by atoms with van der Waals surface area (Å²) in [7, 11) is 0. The summed E-state index contributed by atoms with van der Waals surface area (Å²) in [6.45, 7) is 3.09. The van der Waals surface area contributed by atoms with Crippen LogP contribution in [0.25, 0.3) is 0 Å². The van der Waals surface area contributed by atoms with Gasteiger partial charge in [-0.2, -0.15) is 5.10 Å². The van der Waals surface area contributed by atoms with Crippen molar-refractivity contribution < 1.29 is 9.53 Å². The zero-order valence-electron chi connectivity index (χ0n) is 10.1. The molecule has 2 aliphatic rings. The molecule has 18 heavy (non-hydrogen) atoms. The van der Waals surface area contributed by atoms with Crippen LogP contribution >= 0.6 is 15.9 Å². The number of aromatic nitrogens is 2. The number of nitrogens with zero attached hydrogens (tertiary/aromatic N) is 3. The lowest BCUT2D eigenvalue weighted by molar-refractivity contribution is -0.118.